The quantitative estimate of drug-likeness (QED) is 0.858. The fraction of sp³-hybridized carbons (Fsp3) is 0.167. The number of hydrogen-bond donors (Lipinski definition) is 1. The van der Waals surface area contributed by atoms with E-state index in [0.29, 0.717) is 5.76 Å². The van der Waals surface area contributed by atoms with E-state index in [9.17, 15) is 13.6 Å². The number of rotatable bonds is 5. The Balaban J connectivity index is 2.06. The molecule has 19 heavy (non-hydrogen) atoms. The summed E-state index contributed by atoms with van der Waals surface area (Å²) < 4.78 is 29.8. The number of aromatic nitrogens is 1. The summed E-state index contributed by atoms with van der Waals surface area (Å²) in [6.45, 7) is 0.194. The summed E-state index contributed by atoms with van der Waals surface area (Å²) in [6, 6.07) is 6.38. The highest BCUT2D eigenvalue weighted by Gasteiger charge is 2.16. The summed E-state index contributed by atoms with van der Waals surface area (Å²) in [6.07, 6.45) is 2.86. The van der Waals surface area contributed by atoms with Gasteiger partial charge >= 0.3 is 0 Å². The van der Waals surface area contributed by atoms with Crippen LogP contribution in [0.4, 0.5) is 8.78 Å². The zero-order valence-corrected chi connectivity index (χ0v) is 10.5. The molecule has 0 bridgehead atoms. The molecule has 2 aromatic rings. The minimum absolute atomic E-state index is 0.00875. The summed E-state index contributed by atoms with van der Waals surface area (Å²) in [7, 11) is 0. The first-order valence-electron chi connectivity index (χ1n) is 5.37. The Morgan fingerprint density at radius 1 is 1.42 bits per heavy atom. The van der Waals surface area contributed by atoms with E-state index < -0.39 is 11.7 Å². The lowest BCUT2D eigenvalue weighted by atomic mass is 10.2. The molecule has 0 saturated heterocycles. The summed E-state index contributed by atoms with van der Waals surface area (Å²) in [5, 5.41) is 2.59. The van der Waals surface area contributed by atoms with Gasteiger partial charge in [0.05, 0.1) is 18.4 Å². The van der Waals surface area contributed by atoms with Gasteiger partial charge in [-0.15, -0.1) is 0 Å². The average Bonchev–Trinajstić information content (AvgIpc) is 2.89. The number of pyridine rings is 1. The fourth-order valence-corrected chi connectivity index (χ4v) is 2.00. The van der Waals surface area contributed by atoms with Crippen molar-refractivity contribution in [1.29, 1.82) is 0 Å². The molecule has 0 aromatic carbocycles. The molecular weight excluding hydrogens is 274 g/mol. The molecule has 4 nitrogen and oxygen atoms in total. The van der Waals surface area contributed by atoms with Crippen LogP contribution in [0, 0.1) is 0 Å². The second-order valence-corrected chi connectivity index (χ2v) is 4.48. The molecule has 0 aliphatic heterocycles. The van der Waals surface area contributed by atoms with Crippen LogP contribution in [-0.4, -0.2) is 16.6 Å². The van der Waals surface area contributed by atoms with E-state index in [4.69, 9.17) is 4.42 Å². The molecule has 0 atom stereocenters. The molecule has 0 unspecified atom stereocenters. The highest BCUT2D eigenvalue weighted by Crippen LogP contribution is 2.26. The number of amides is 1. The second-order valence-electron chi connectivity index (χ2n) is 3.50. The van der Waals surface area contributed by atoms with Crippen LogP contribution in [0.3, 0.4) is 0 Å². The lowest BCUT2D eigenvalue weighted by molar-refractivity contribution is 0.0944. The van der Waals surface area contributed by atoms with E-state index >= 15 is 0 Å². The fourth-order valence-electron chi connectivity index (χ4n) is 1.42. The van der Waals surface area contributed by atoms with E-state index in [0.717, 1.165) is 0 Å². The van der Waals surface area contributed by atoms with Gasteiger partial charge in [-0.25, -0.2) is 4.98 Å². The van der Waals surface area contributed by atoms with Crippen molar-refractivity contribution in [3.63, 3.8) is 0 Å². The van der Waals surface area contributed by atoms with Gasteiger partial charge in [0.1, 0.15) is 10.8 Å². The van der Waals surface area contributed by atoms with Gasteiger partial charge in [-0.3, -0.25) is 4.79 Å². The molecule has 0 radical (unpaired) electrons. The maximum absolute atomic E-state index is 12.3. The number of nitrogens with zero attached hydrogens (tertiary/aromatic N) is 1. The molecular formula is C12H10F2N2O2S. The smallest absolute Gasteiger partial charge is 0.290 e. The average molecular weight is 284 g/mol. The summed E-state index contributed by atoms with van der Waals surface area (Å²) in [5.74, 6) is -2.50. The van der Waals surface area contributed by atoms with Gasteiger partial charge in [0.25, 0.3) is 11.7 Å². The normalized spacial score (nSPS) is 10.7. The largest absolute Gasteiger partial charge is 0.467 e. The molecule has 0 fully saturated rings. The van der Waals surface area contributed by atoms with Gasteiger partial charge in [-0.2, -0.15) is 8.78 Å². The predicted octanol–water partition coefficient (Wildman–Crippen LogP) is 2.92. The molecule has 100 valence electrons. The third-order valence-electron chi connectivity index (χ3n) is 2.22. The maximum atomic E-state index is 12.3. The highest BCUT2D eigenvalue weighted by molar-refractivity contribution is 7.99. The number of thioether (sulfide) groups is 1. The van der Waals surface area contributed by atoms with Gasteiger partial charge in [0.2, 0.25) is 0 Å². The van der Waals surface area contributed by atoms with Crippen molar-refractivity contribution in [2.45, 2.75) is 17.3 Å². The number of carbonyl (C=O) groups excluding carboxylic acids is 1. The van der Waals surface area contributed by atoms with Crippen molar-refractivity contribution >= 4 is 17.7 Å². The predicted molar refractivity (Wildman–Crippen MR) is 66.0 cm³/mol. The Kier molecular flexibility index (Phi) is 4.51. The molecule has 0 spiro atoms. The van der Waals surface area contributed by atoms with Crippen LogP contribution in [0.2, 0.25) is 0 Å². The Morgan fingerprint density at radius 2 is 2.26 bits per heavy atom. The molecule has 2 rings (SSSR count). The maximum Gasteiger partial charge on any atom is 0.290 e. The van der Waals surface area contributed by atoms with Gasteiger partial charge in [0.15, 0.2) is 0 Å². The minimum atomic E-state index is -2.62. The Hall–Kier alpha value is -1.89. The summed E-state index contributed by atoms with van der Waals surface area (Å²) >= 11 is 0.248. The second kappa shape index (κ2) is 6.33. The van der Waals surface area contributed by atoms with Crippen molar-refractivity contribution < 1.29 is 18.0 Å². The van der Waals surface area contributed by atoms with Crippen LogP contribution in [0.5, 0.6) is 0 Å². The summed E-state index contributed by atoms with van der Waals surface area (Å²) in [4.78, 5) is 15.7. The lowest BCUT2D eigenvalue weighted by Gasteiger charge is -2.07. The zero-order valence-electron chi connectivity index (χ0n) is 9.68. The Bertz CT molecular complexity index is 546. The number of alkyl halides is 2. The van der Waals surface area contributed by atoms with E-state index in [-0.39, 0.29) is 28.9 Å². The number of furan rings is 1. The highest BCUT2D eigenvalue weighted by atomic mass is 32.2. The van der Waals surface area contributed by atoms with Crippen LogP contribution in [0.1, 0.15) is 16.1 Å². The Morgan fingerprint density at radius 3 is 2.95 bits per heavy atom. The molecule has 1 N–H and O–H groups in total. The Labute approximate surface area is 112 Å². The first kappa shape index (κ1) is 13.5. The standard InChI is InChI=1S/C12H10F2N2O2S/c13-12(14)19-11-9(4-1-5-15-11)10(17)16-7-8-3-2-6-18-8/h1-6,12H,7H2,(H,16,17). The number of carbonyl (C=O) groups is 1. The number of nitrogens with one attached hydrogen (secondary N) is 1. The molecule has 0 aliphatic carbocycles. The van der Waals surface area contributed by atoms with Crippen molar-refractivity contribution in [2.75, 3.05) is 0 Å². The molecule has 0 saturated carbocycles. The lowest BCUT2D eigenvalue weighted by Crippen LogP contribution is -2.23. The minimum Gasteiger partial charge on any atom is -0.467 e. The van der Waals surface area contributed by atoms with Crippen LogP contribution in [0.15, 0.2) is 46.2 Å². The van der Waals surface area contributed by atoms with Crippen LogP contribution < -0.4 is 5.32 Å². The topological polar surface area (TPSA) is 55.1 Å². The van der Waals surface area contributed by atoms with Gasteiger partial charge in [-0.1, -0.05) is 0 Å². The van der Waals surface area contributed by atoms with Crippen molar-refractivity contribution in [2.24, 2.45) is 0 Å². The molecule has 1 amide bonds. The monoisotopic (exact) mass is 284 g/mol. The van der Waals surface area contributed by atoms with Gasteiger partial charge in [0, 0.05) is 6.20 Å². The molecule has 0 aliphatic rings. The van der Waals surface area contributed by atoms with Crippen LogP contribution >= 0.6 is 11.8 Å². The van der Waals surface area contributed by atoms with E-state index in [1.807, 2.05) is 0 Å². The van der Waals surface area contributed by atoms with Crippen LogP contribution in [0.25, 0.3) is 0 Å². The van der Waals surface area contributed by atoms with E-state index in [1.54, 1.807) is 12.1 Å². The van der Waals surface area contributed by atoms with Crippen molar-refractivity contribution in [1.82, 2.24) is 10.3 Å². The molecule has 7 heteroatoms. The molecule has 2 heterocycles. The summed E-state index contributed by atoms with van der Waals surface area (Å²) in [5.41, 5.74) is 0.124. The van der Waals surface area contributed by atoms with E-state index in [2.05, 4.69) is 10.3 Å². The third kappa shape index (κ3) is 3.78. The zero-order chi connectivity index (χ0) is 13.7. The van der Waals surface area contributed by atoms with Crippen LogP contribution in [-0.2, 0) is 6.54 Å². The number of hydrogen-bond acceptors (Lipinski definition) is 4. The van der Waals surface area contributed by atoms with Crippen molar-refractivity contribution in [3.8, 4) is 0 Å². The number of halogens is 2. The molecule has 2 aromatic heterocycles. The first-order valence-corrected chi connectivity index (χ1v) is 6.25. The van der Waals surface area contributed by atoms with Crippen molar-refractivity contribution in [3.05, 3.63) is 48.0 Å². The van der Waals surface area contributed by atoms with E-state index in [1.165, 1.54) is 24.6 Å². The first-order chi connectivity index (χ1) is 9.16. The SMILES string of the molecule is O=C(NCc1ccco1)c1cccnc1SC(F)F. The third-order valence-corrected chi connectivity index (χ3v) is 2.95. The van der Waals surface area contributed by atoms with Gasteiger partial charge in [-0.05, 0) is 36.0 Å². The van der Waals surface area contributed by atoms with Gasteiger partial charge < -0.3 is 9.73 Å².